The molecule has 10 nitrogen and oxygen atoms in total. The van der Waals surface area contributed by atoms with Crippen LogP contribution in [0.3, 0.4) is 0 Å². The Balaban J connectivity index is 2.01. The van der Waals surface area contributed by atoms with E-state index in [0.717, 1.165) is 16.4 Å². The molecule has 3 rings (SSSR count). The molecule has 0 bridgehead atoms. The maximum Gasteiger partial charge on any atom is 0.337 e. The molecule has 3 aromatic carbocycles. The van der Waals surface area contributed by atoms with E-state index in [1.807, 2.05) is 0 Å². The molecule has 164 valence electrons. The number of rotatable bonds is 8. The lowest BCUT2D eigenvalue weighted by Crippen LogP contribution is -2.38. The minimum Gasteiger partial charge on any atom is -0.478 e. The van der Waals surface area contributed by atoms with Crippen molar-refractivity contribution in [2.24, 2.45) is 0 Å². The number of para-hydroxylation sites is 3. The third kappa shape index (κ3) is 4.73. The topological polar surface area (TPSA) is 147 Å². The van der Waals surface area contributed by atoms with Crippen molar-refractivity contribution < 1.29 is 28.0 Å². The number of hydrogen-bond donors (Lipinski definition) is 2. The van der Waals surface area contributed by atoms with Gasteiger partial charge in [0.15, 0.2) is 4.90 Å². The van der Waals surface area contributed by atoms with Crippen molar-refractivity contribution in [2.75, 3.05) is 16.2 Å². The molecule has 0 heterocycles. The SMILES string of the molecule is O=C(CN(c1ccccc1)S(=O)(=O)c1ccccc1[N+](=O)[O-])Nc1ccccc1C(=O)O. The van der Waals surface area contributed by atoms with Crippen LogP contribution in [0.25, 0.3) is 0 Å². The molecule has 3 aromatic rings. The van der Waals surface area contributed by atoms with E-state index in [9.17, 15) is 33.2 Å². The first kappa shape index (κ1) is 22.4. The van der Waals surface area contributed by atoms with E-state index < -0.39 is 44.0 Å². The number of nitro groups is 1. The Bertz CT molecular complexity index is 1280. The van der Waals surface area contributed by atoms with Gasteiger partial charge in [0, 0.05) is 6.07 Å². The summed E-state index contributed by atoms with van der Waals surface area (Å²) in [4.78, 5) is 34.1. The number of amides is 1. The van der Waals surface area contributed by atoms with Crippen molar-refractivity contribution in [2.45, 2.75) is 4.90 Å². The first-order valence-electron chi connectivity index (χ1n) is 9.15. The van der Waals surface area contributed by atoms with Crippen LogP contribution in [-0.4, -0.2) is 36.9 Å². The van der Waals surface area contributed by atoms with Gasteiger partial charge in [0.2, 0.25) is 5.91 Å². The lowest BCUT2D eigenvalue weighted by molar-refractivity contribution is -0.387. The molecule has 0 aliphatic rings. The number of carbonyl (C=O) groups excluding carboxylic acids is 1. The quantitative estimate of drug-likeness (QED) is 0.392. The standard InChI is InChI=1S/C21H17N3O7S/c25-20(22-17-11-5-4-10-16(17)21(26)27)14-23(15-8-2-1-3-9-15)32(30,31)19-13-7-6-12-18(19)24(28)29/h1-13H,14H2,(H,22,25)(H,26,27). The highest BCUT2D eigenvalue weighted by Gasteiger charge is 2.33. The zero-order valence-electron chi connectivity index (χ0n) is 16.4. The Morgan fingerprint density at radius 2 is 1.53 bits per heavy atom. The average Bonchev–Trinajstić information content (AvgIpc) is 2.78. The van der Waals surface area contributed by atoms with E-state index in [1.54, 1.807) is 18.2 Å². The van der Waals surface area contributed by atoms with Crippen molar-refractivity contribution in [3.05, 3.63) is 94.5 Å². The summed E-state index contributed by atoms with van der Waals surface area (Å²) in [7, 11) is -4.53. The highest BCUT2D eigenvalue weighted by molar-refractivity contribution is 7.93. The molecular weight excluding hydrogens is 438 g/mol. The van der Waals surface area contributed by atoms with E-state index in [1.165, 1.54) is 48.5 Å². The highest BCUT2D eigenvalue weighted by Crippen LogP contribution is 2.29. The van der Waals surface area contributed by atoms with Gasteiger partial charge >= 0.3 is 5.97 Å². The molecule has 1 amide bonds. The largest absolute Gasteiger partial charge is 0.478 e. The molecule has 0 unspecified atom stereocenters. The zero-order valence-corrected chi connectivity index (χ0v) is 17.2. The number of aromatic carboxylic acids is 1. The van der Waals surface area contributed by atoms with Gasteiger partial charge in [-0.15, -0.1) is 0 Å². The van der Waals surface area contributed by atoms with Crippen LogP contribution in [0.15, 0.2) is 83.8 Å². The van der Waals surface area contributed by atoms with Gasteiger partial charge < -0.3 is 10.4 Å². The molecule has 0 atom stereocenters. The average molecular weight is 455 g/mol. The van der Waals surface area contributed by atoms with Gasteiger partial charge in [-0.3, -0.25) is 19.2 Å². The van der Waals surface area contributed by atoms with E-state index >= 15 is 0 Å². The molecule has 0 fully saturated rings. The van der Waals surface area contributed by atoms with Gasteiger partial charge in [-0.1, -0.05) is 42.5 Å². The monoisotopic (exact) mass is 455 g/mol. The predicted octanol–water partition coefficient (Wildman–Crippen LogP) is 3.13. The molecule has 0 aromatic heterocycles. The molecule has 0 saturated carbocycles. The summed E-state index contributed by atoms with van der Waals surface area (Å²) in [6.07, 6.45) is 0. The van der Waals surface area contributed by atoms with Crippen LogP contribution in [0.1, 0.15) is 10.4 Å². The minimum absolute atomic E-state index is 0.0129. The summed E-state index contributed by atoms with van der Waals surface area (Å²) < 4.78 is 27.5. The number of carboxylic acid groups (broad SMARTS) is 1. The van der Waals surface area contributed by atoms with Crippen molar-refractivity contribution in [1.29, 1.82) is 0 Å². The summed E-state index contributed by atoms with van der Waals surface area (Å²) in [5, 5.41) is 23.1. The van der Waals surface area contributed by atoms with Gasteiger partial charge in [0.25, 0.3) is 15.7 Å². The second-order valence-corrected chi connectivity index (χ2v) is 8.30. The van der Waals surface area contributed by atoms with Gasteiger partial charge in [-0.25, -0.2) is 13.2 Å². The Morgan fingerprint density at radius 3 is 2.19 bits per heavy atom. The minimum atomic E-state index is -4.53. The van der Waals surface area contributed by atoms with E-state index in [0.29, 0.717) is 0 Å². The fraction of sp³-hybridized carbons (Fsp3) is 0.0476. The molecule has 2 N–H and O–H groups in total. The zero-order chi connectivity index (χ0) is 23.3. The van der Waals surface area contributed by atoms with Gasteiger partial charge in [-0.2, -0.15) is 0 Å². The fourth-order valence-electron chi connectivity index (χ4n) is 2.95. The molecule has 0 radical (unpaired) electrons. The molecule has 11 heteroatoms. The van der Waals surface area contributed by atoms with Crippen LogP contribution in [0.2, 0.25) is 0 Å². The van der Waals surface area contributed by atoms with Gasteiger partial charge in [0.1, 0.15) is 6.54 Å². The molecule has 0 aliphatic carbocycles. The molecule has 0 aliphatic heterocycles. The number of nitrogens with zero attached hydrogens (tertiary/aromatic N) is 2. The Morgan fingerprint density at radius 1 is 0.938 bits per heavy atom. The summed E-state index contributed by atoms with van der Waals surface area (Å²) in [5.41, 5.74) is -0.716. The molecule has 0 spiro atoms. The van der Waals surface area contributed by atoms with Crippen LogP contribution in [0, 0.1) is 10.1 Å². The van der Waals surface area contributed by atoms with Crippen molar-refractivity contribution in [1.82, 2.24) is 0 Å². The summed E-state index contributed by atoms with van der Waals surface area (Å²) in [6.45, 7) is -0.744. The van der Waals surface area contributed by atoms with E-state index in [-0.39, 0.29) is 16.9 Å². The smallest absolute Gasteiger partial charge is 0.337 e. The Labute approximate surface area is 182 Å². The number of anilines is 2. The summed E-state index contributed by atoms with van der Waals surface area (Å²) in [5.74, 6) is -2.10. The van der Waals surface area contributed by atoms with E-state index in [2.05, 4.69) is 5.32 Å². The maximum absolute atomic E-state index is 13.4. The number of benzene rings is 3. The lowest BCUT2D eigenvalue weighted by atomic mass is 10.2. The second-order valence-electron chi connectivity index (χ2n) is 6.47. The number of carbonyl (C=O) groups is 2. The van der Waals surface area contributed by atoms with Crippen LogP contribution >= 0.6 is 0 Å². The maximum atomic E-state index is 13.4. The van der Waals surface area contributed by atoms with Crippen molar-refractivity contribution >= 4 is 39.0 Å². The Kier molecular flexibility index (Phi) is 6.50. The van der Waals surface area contributed by atoms with Crippen molar-refractivity contribution in [3.63, 3.8) is 0 Å². The number of nitro benzene ring substituents is 1. The van der Waals surface area contributed by atoms with E-state index in [4.69, 9.17) is 0 Å². The fourth-order valence-corrected chi connectivity index (χ4v) is 4.53. The third-order valence-corrected chi connectivity index (χ3v) is 6.21. The normalized spacial score (nSPS) is 10.9. The summed E-state index contributed by atoms with van der Waals surface area (Å²) >= 11 is 0. The third-order valence-electron chi connectivity index (χ3n) is 4.39. The van der Waals surface area contributed by atoms with Crippen molar-refractivity contribution in [3.8, 4) is 0 Å². The lowest BCUT2D eigenvalue weighted by Gasteiger charge is -2.24. The second kappa shape index (κ2) is 9.27. The van der Waals surface area contributed by atoms with Gasteiger partial charge in [0.05, 0.1) is 21.9 Å². The van der Waals surface area contributed by atoms with Crippen LogP contribution in [0.5, 0.6) is 0 Å². The number of nitrogens with one attached hydrogen (secondary N) is 1. The molecule has 32 heavy (non-hydrogen) atoms. The van der Waals surface area contributed by atoms with Crippen LogP contribution < -0.4 is 9.62 Å². The number of carboxylic acids is 1. The number of hydrogen-bond acceptors (Lipinski definition) is 6. The van der Waals surface area contributed by atoms with Gasteiger partial charge in [-0.05, 0) is 30.3 Å². The molecule has 0 saturated heterocycles. The van der Waals surface area contributed by atoms with Crippen LogP contribution in [-0.2, 0) is 14.8 Å². The first-order valence-corrected chi connectivity index (χ1v) is 10.6. The highest BCUT2D eigenvalue weighted by atomic mass is 32.2. The Hall–Kier alpha value is -4.25. The van der Waals surface area contributed by atoms with Crippen LogP contribution in [0.4, 0.5) is 17.1 Å². The predicted molar refractivity (Wildman–Crippen MR) is 116 cm³/mol. The first-order chi connectivity index (χ1) is 15.2. The molecular formula is C21H17N3O7S. The number of sulfonamides is 1. The summed E-state index contributed by atoms with van der Waals surface area (Å²) in [6, 6.07) is 18.1.